The molecule has 1 heterocycles. The van der Waals surface area contributed by atoms with E-state index in [-0.39, 0.29) is 0 Å². The number of primary amides is 1. The number of hydrogen-bond acceptors (Lipinski definition) is 3. The molecule has 3 N–H and O–H groups in total. The number of hydrogen-bond donors (Lipinski definition) is 2. The first-order valence-corrected chi connectivity index (χ1v) is 5.34. The minimum atomic E-state index is -0.852. The lowest BCUT2D eigenvalue weighted by molar-refractivity contribution is -0.0560. The van der Waals surface area contributed by atoms with Gasteiger partial charge in [0, 0.05) is 9.75 Å². The number of amides is 2. The van der Waals surface area contributed by atoms with Crippen molar-refractivity contribution in [3.05, 3.63) is 28.0 Å². The molecule has 0 aliphatic rings. The second-order valence-corrected chi connectivity index (χ2v) is 4.55. The third-order valence-corrected chi connectivity index (χ3v) is 2.88. The summed E-state index contributed by atoms with van der Waals surface area (Å²) in [6, 6.07) is 2.72. The fourth-order valence-electron chi connectivity index (χ4n) is 1.06. The van der Waals surface area contributed by atoms with Crippen LogP contribution < -0.4 is 5.73 Å². The Hall–Kier alpha value is -1.33. The molecule has 0 aliphatic heterocycles. The maximum absolute atomic E-state index is 10.6. The maximum Gasteiger partial charge on any atom is 0.339 e. The summed E-state index contributed by atoms with van der Waals surface area (Å²) in [6.07, 6.45) is 3.57. The molecule has 5 heteroatoms. The van der Waals surface area contributed by atoms with Gasteiger partial charge in [-0.25, -0.2) is 4.79 Å². The van der Waals surface area contributed by atoms with Gasteiger partial charge in [0.1, 0.15) is 0 Å². The van der Waals surface area contributed by atoms with Crippen molar-refractivity contribution in [2.75, 3.05) is 0 Å². The van der Waals surface area contributed by atoms with Crippen LogP contribution in [0.4, 0.5) is 4.79 Å². The summed E-state index contributed by atoms with van der Waals surface area (Å²) in [4.78, 5) is 12.9. The first kappa shape index (κ1) is 11.7. The molecule has 15 heavy (non-hydrogen) atoms. The van der Waals surface area contributed by atoms with Gasteiger partial charge in [0.2, 0.25) is 0 Å². The summed E-state index contributed by atoms with van der Waals surface area (Å²) in [5.74, 6) is 0. The fraction of sp³-hybridized carbons (Fsp3) is 0.300. The molecular weight excluding hydrogens is 212 g/mol. The van der Waals surface area contributed by atoms with E-state index in [9.17, 15) is 10.0 Å². The van der Waals surface area contributed by atoms with Crippen LogP contribution in [-0.2, 0) is 0 Å². The maximum atomic E-state index is 10.6. The highest BCUT2D eigenvalue weighted by Crippen LogP contribution is 2.16. The van der Waals surface area contributed by atoms with E-state index in [1.807, 2.05) is 25.1 Å². The third-order valence-electron chi connectivity index (χ3n) is 1.91. The van der Waals surface area contributed by atoms with Crippen LogP contribution in [-0.4, -0.2) is 22.3 Å². The van der Waals surface area contributed by atoms with Gasteiger partial charge in [-0.3, -0.25) is 5.21 Å². The summed E-state index contributed by atoms with van der Waals surface area (Å²) in [5.41, 5.74) is 4.92. The SMILES string of the molecule is Cc1ccc(C=CC(C)N(O)C(N)=O)s1. The number of carbonyl (C=O) groups excluding carboxylic acids is 1. The zero-order chi connectivity index (χ0) is 11.4. The van der Waals surface area contributed by atoms with E-state index in [0.29, 0.717) is 5.06 Å². The van der Waals surface area contributed by atoms with Gasteiger partial charge in [0.25, 0.3) is 0 Å². The van der Waals surface area contributed by atoms with E-state index < -0.39 is 12.1 Å². The van der Waals surface area contributed by atoms with Gasteiger partial charge >= 0.3 is 6.03 Å². The van der Waals surface area contributed by atoms with Crippen LogP contribution >= 0.6 is 11.3 Å². The Morgan fingerprint density at radius 3 is 2.80 bits per heavy atom. The Bertz CT molecular complexity index is 373. The van der Waals surface area contributed by atoms with Gasteiger partial charge in [0.05, 0.1) is 6.04 Å². The molecule has 1 aromatic rings. The molecule has 0 saturated carbocycles. The topological polar surface area (TPSA) is 66.6 Å². The number of rotatable bonds is 3. The van der Waals surface area contributed by atoms with E-state index in [2.05, 4.69) is 0 Å². The minimum absolute atomic E-state index is 0.426. The number of thiophene rings is 1. The van der Waals surface area contributed by atoms with Crippen LogP contribution in [0.5, 0.6) is 0 Å². The molecular formula is C10H14N2O2S. The predicted octanol–water partition coefficient (Wildman–Crippen LogP) is 2.23. The molecule has 0 aliphatic carbocycles. The van der Waals surface area contributed by atoms with Crippen LogP contribution in [0.25, 0.3) is 6.08 Å². The van der Waals surface area contributed by atoms with Gasteiger partial charge < -0.3 is 5.73 Å². The lowest BCUT2D eigenvalue weighted by Gasteiger charge is -2.16. The van der Waals surface area contributed by atoms with E-state index in [0.717, 1.165) is 4.88 Å². The molecule has 4 nitrogen and oxygen atoms in total. The molecule has 82 valence electrons. The zero-order valence-electron chi connectivity index (χ0n) is 8.68. The van der Waals surface area contributed by atoms with Crippen molar-refractivity contribution in [3.8, 4) is 0 Å². The van der Waals surface area contributed by atoms with Crippen molar-refractivity contribution in [3.63, 3.8) is 0 Å². The average molecular weight is 226 g/mol. The fourth-order valence-corrected chi connectivity index (χ4v) is 1.85. The van der Waals surface area contributed by atoms with Crippen LogP contribution in [0.15, 0.2) is 18.2 Å². The lowest BCUT2D eigenvalue weighted by Crippen LogP contribution is -2.38. The Kier molecular flexibility index (Phi) is 3.88. The highest BCUT2D eigenvalue weighted by atomic mass is 32.1. The number of urea groups is 1. The van der Waals surface area contributed by atoms with Crippen LogP contribution in [0.2, 0.25) is 0 Å². The van der Waals surface area contributed by atoms with Crippen molar-refractivity contribution in [2.24, 2.45) is 5.73 Å². The van der Waals surface area contributed by atoms with Crippen LogP contribution in [0.1, 0.15) is 16.7 Å². The summed E-state index contributed by atoms with van der Waals surface area (Å²) < 4.78 is 0. The highest BCUT2D eigenvalue weighted by Gasteiger charge is 2.11. The zero-order valence-corrected chi connectivity index (χ0v) is 9.49. The normalized spacial score (nSPS) is 13.0. The monoisotopic (exact) mass is 226 g/mol. The smallest absolute Gasteiger partial charge is 0.339 e. The molecule has 1 atom stereocenters. The molecule has 1 unspecified atom stereocenters. The van der Waals surface area contributed by atoms with Gasteiger partial charge in [-0.1, -0.05) is 6.08 Å². The Morgan fingerprint density at radius 2 is 2.33 bits per heavy atom. The predicted molar refractivity (Wildman–Crippen MR) is 60.8 cm³/mol. The van der Waals surface area contributed by atoms with Crippen molar-refractivity contribution in [1.82, 2.24) is 5.06 Å². The van der Waals surface area contributed by atoms with E-state index in [1.165, 1.54) is 4.88 Å². The molecule has 0 spiro atoms. The van der Waals surface area contributed by atoms with Crippen molar-refractivity contribution in [2.45, 2.75) is 19.9 Å². The van der Waals surface area contributed by atoms with Crippen LogP contribution in [0.3, 0.4) is 0 Å². The number of carbonyl (C=O) groups is 1. The molecule has 0 fully saturated rings. The third kappa shape index (κ3) is 3.38. The van der Waals surface area contributed by atoms with Gasteiger partial charge in [0.15, 0.2) is 0 Å². The van der Waals surface area contributed by atoms with E-state index in [1.54, 1.807) is 24.3 Å². The first-order chi connectivity index (χ1) is 7.00. The molecule has 0 bridgehead atoms. The van der Waals surface area contributed by atoms with Crippen LogP contribution in [0, 0.1) is 6.92 Å². The molecule has 0 aromatic carbocycles. The number of hydroxylamine groups is 2. The second-order valence-electron chi connectivity index (χ2n) is 3.23. The Morgan fingerprint density at radius 1 is 1.67 bits per heavy atom. The van der Waals surface area contributed by atoms with Crippen molar-refractivity contribution < 1.29 is 10.0 Å². The van der Waals surface area contributed by atoms with E-state index >= 15 is 0 Å². The molecule has 1 rings (SSSR count). The second kappa shape index (κ2) is 4.95. The summed E-state index contributed by atoms with van der Waals surface area (Å²) in [5, 5.41) is 9.69. The Labute approximate surface area is 92.6 Å². The van der Waals surface area contributed by atoms with Gasteiger partial charge in [-0.2, -0.15) is 5.06 Å². The number of aryl methyl sites for hydroxylation is 1. The molecule has 2 amide bonds. The van der Waals surface area contributed by atoms with Crippen molar-refractivity contribution >= 4 is 23.4 Å². The largest absolute Gasteiger partial charge is 0.350 e. The lowest BCUT2D eigenvalue weighted by atomic mass is 10.3. The van der Waals surface area contributed by atoms with Crippen molar-refractivity contribution in [1.29, 1.82) is 0 Å². The summed E-state index contributed by atoms with van der Waals surface area (Å²) in [7, 11) is 0. The first-order valence-electron chi connectivity index (χ1n) is 4.53. The average Bonchev–Trinajstić information content (AvgIpc) is 2.59. The summed E-state index contributed by atoms with van der Waals surface area (Å²) >= 11 is 1.65. The molecule has 1 aromatic heterocycles. The number of nitrogens with two attached hydrogens (primary N) is 1. The molecule has 0 saturated heterocycles. The highest BCUT2D eigenvalue weighted by molar-refractivity contribution is 7.12. The number of nitrogens with zero attached hydrogens (tertiary/aromatic N) is 1. The van der Waals surface area contributed by atoms with Gasteiger partial charge in [-0.05, 0) is 32.1 Å². The minimum Gasteiger partial charge on any atom is -0.350 e. The van der Waals surface area contributed by atoms with E-state index in [4.69, 9.17) is 5.73 Å². The quantitative estimate of drug-likeness (QED) is 0.613. The standard InChI is InChI=1S/C10H14N2O2S/c1-7(12(14)10(11)13)3-5-9-6-4-8(2)15-9/h3-7,14H,1-2H3,(H2,11,13). The summed E-state index contributed by atoms with van der Waals surface area (Å²) in [6.45, 7) is 3.70. The Balaban J connectivity index is 2.61. The van der Waals surface area contributed by atoms with Gasteiger partial charge in [-0.15, -0.1) is 11.3 Å². The molecule has 0 radical (unpaired) electrons.